The van der Waals surface area contributed by atoms with Gasteiger partial charge in [0.25, 0.3) is 5.89 Å². The number of ether oxygens (including phenoxy) is 1. The second kappa shape index (κ2) is 7.23. The fraction of sp³-hybridized carbons (Fsp3) is 0.286. The predicted octanol–water partition coefficient (Wildman–Crippen LogP) is 4.45. The molecule has 2 aromatic heterocycles. The number of aromatic nitrogens is 2. The molecule has 0 bridgehead atoms. The van der Waals surface area contributed by atoms with Crippen molar-refractivity contribution < 1.29 is 18.5 Å². The smallest absolute Gasteiger partial charge is 0.310 e. The maximum absolute atomic E-state index is 12.3. The molecule has 4 aromatic rings. The molecule has 0 radical (unpaired) electrons. The third kappa shape index (κ3) is 3.69. The number of nitrogens with zero attached hydrogens (tertiary/aromatic N) is 2. The largest absolute Gasteiger partial charge is 0.464 e. The van der Waals surface area contributed by atoms with Crippen LogP contribution in [-0.2, 0) is 29.0 Å². The van der Waals surface area contributed by atoms with Crippen molar-refractivity contribution in [2.45, 2.75) is 33.3 Å². The van der Waals surface area contributed by atoms with Crippen LogP contribution < -0.4 is 0 Å². The minimum Gasteiger partial charge on any atom is -0.464 e. The molecule has 0 spiro atoms. The highest BCUT2D eigenvalue weighted by Gasteiger charge is 2.15. The first-order valence-electron chi connectivity index (χ1n) is 8.95. The summed E-state index contributed by atoms with van der Waals surface area (Å²) in [5.41, 5.74) is 1.56. The Morgan fingerprint density at radius 3 is 2.89 bits per heavy atom. The van der Waals surface area contributed by atoms with Gasteiger partial charge in [-0.25, -0.2) is 0 Å². The van der Waals surface area contributed by atoms with Gasteiger partial charge in [0.05, 0.1) is 12.7 Å². The van der Waals surface area contributed by atoms with E-state index in [-0.39, 0.29) is 19.0 Å². The summed E-state index contributed by atoms with van der Waals surface area (Å²) in [7, 11) is 0. The zero-order valence-electron chi connectivity index (χ0n) is 15.3. The topological polar surface area (TPSA) is 78.4 Å². The van der Waals surface area contributed by atoms with Crippen molar-refractivity contribution in [1.29, 1.82) is 0 Å². The summed E-state index contributed by atoms with van der Waals surface area (Å²) in [6, 6.07) is 11.9. The van der Waals surface area contributed by atoms with E-state index in [0.717, 1.165) is 33.7 Å². The third-order valence-corrected chi connectivity index (χ3v) is 4.33. The monoisotopic (exact) mass is 364 g/mol. The van der Waals surface area contributed by atoms with Gasteiger partial charge in [0.2, 0.25) is 0 Å². The van der Waals surface area contributed by atoms with E-state index in [4.69, 9.17) is 13.7 Å². The molecule has 6 nitrogen and oxygen atoms in total. The van der Waals surface area contributed by atoms with Crippen molar-refractivity contribution in [3.05, 3.63) is 59.9 Å². The lowest BCUT2D eigenvalue weighted by atomic mass is 10.0. The summed E-state index contributed by atoms with van der Waals surface area (Å²) >= 11 is 0. The van der Waals surface area contributed by atoms with Gasteiger partial charge in [0.1, 0.15) is 5.58 Å². The van der Waals surface area contributed by atoms with Crippen molar-refractivity contribution >= 4 is 27.7 Å². The molecule has 0 aliphatic carbocycles. The predicted molar refractivity (Wildman–Crippen MR) is 100 cm³/mol. The standard InChI is InChI=1S/C21H20N2O4/c1-13(2)9-18-22-19(27-23-18)12-26-20(24)10-15-11-25-17-8-7-14-5-3-4-6-16(14)21(15)17/h3-8,11,13H,9-10,12H2,1-2H3. The van der Waals surface area contributed by atoms with Gasteiger partial charge >= 0.3 is 5.97 Å². The molecular weight excluding hydrogens is 344 g/mol. The molecule has 4 rings (SSSR count). The van der Waals surface area contributed by atoms with Crippen LogP contribution in [0.2, 0.25) is 0 Å². The zero-order chi connectivity index (χ0) is 18.8. The van der Waals surface area contributed by atoms with Crippen LogP contribution in [0.15, 0.2) is 51.6 Å². The van der Waals surface area contributed by atoms with Gasteiger partial charge in [-0.15, -0.1) is 0 Å². The first-order chi connectivity index (χ1) is 13.1. The normalized spacial score (nSPS) is 11.5. The molecule has 0 saturated carbocycles. The van der Waals surface area contributed by atoms with Crippen LogP contribution in [0, 0.1) is 5.92 Å². The lowest BCUT2D eigenvalue weighted by Crippen LogP contribution is -2.08. The second-order valence-electron chi connectivity index (χ2n) is 6.96. The maximum atomic E-state index is 12.3. The van der Waals surface area contributed by atoms with Crippen molar-refractivity contribution in [3.63, 3.8) is 0 Å². The average Bonchev–Trinajstić information content (AvgIpc) is 3.26. The fourth-order valence-electron chi connectivity index (χ4n) is 3.15. The molecule has 6 heteroatoms. The number of carbonyl (C=O) groups excluding carboxylic acids is 1. The number of esters is 1. The van der Waals surface area contributed by atoms with E-state index in [0.29, 0.717) is 17.6 Å². The average molecular weight is 364 g/mol. The summed E-state index contributed by atoms with van der Waals surface area (Å²) in [6.45, 7) is 4.13. The first kappa shape index (κ1) is 17.3. The van der Waals surface area contributed by atoms with E-state index in [1.165, 1.54) is 0 Å². The van der Waals surface area contributed by atoms with E-state index < -0.39 is 0 Å². The number of hydrogen-bond donors (Lipinski definition) is 0. The molecule has 2 heterocycles. The fourth-order valence-corrected chi connectivity index (χ4v) is 3.15. The van der Waals surface area contributed by atoms with Gasteiger partial charge in [0.15, 0.2) is 12.4 Å². The van der Waals surface area contributed by atoms with Gasteiger partial charge < -0.3 is 13.7 Å². The molecule has 0 fully saturated rings. The minimum absolute atomic E-state index is 0.0273. The molecule has 0 amide bonds. The Hall–Kier alpha value is -3.15. The summed E-state index contributed by atoms with van der Waals surface area (Å²) in [6.07, 6.45) is 2.46. The molecule has 0 aliphatic heterocycles. The molecule has 0 N–H and O–H groups in total. The summed E-state index contributed by atoms with van der Waals surface area (Å²) in [4.78, 5) is 16.5. The minimum atomic E-state index is -0.366. The summed E-state index contributed by atoms with van der Waals surface area (Å²) < 4.78 is 16.0. The van der Waals surface area contributed by atoms with Crippen molar-refractivity contribution in [2.75, 3.05) is 0 Å². The van der Waals surface area contributed by atoms with Crippen LogP contribution in [0.25, 0.3) is 21.7 Å². The van der Waals surface area contributed by atoms with Crippen LogP contribution in [-0.4, -0.2) is 16.1 Å². The number of benzene rings is 2. The van der Waals surface area contributed by atoms with Crippen LogP contribution >= 0.6 is 0 Å². The highest BCUT2D eigenvalue weighted by atomic mass is 16.6. The number of carbonyl (C=O) groups is 1. The SMILES string of the molecule is CC(C)Cc1noc(COC(=O)Cc2coc3ccc4ccccc4c23)n1. The summed E-state index contributed by atoms with van der Waals surface area (Å²) in [5.74, 6) is 1.00. The van der Waals surface area contributed by atoms with Gasteiger partial charge in [0, 0.05) is 17.4 Å². The molecular formula is C21H20N2O4. The van der Waals surface area contributed by atoms with Gasteiger partial charge in [-0.1, -0.05) is 49.3 Å². The lowest BCUT2D eigenvalue weighted by Gasteiger charge is -2.03. The Morgan fingerprint density at radius 1 is 1.19 bits per heavy atom. The number of fused-ring (bicyclic) bond motifs is 3. The van der Waals surface area contributed by atoms with E-state index in [2.05, 4.69) is 24.0 Å². The van der Waals surface area contributed by atoms with Crippen molar-refractivity contribution in [1.82, 2.24) is 10.1 Å². The van der Waals surface area contributed by atoms with E-state index >= 15 is 0 Å². The zero-order valence-corrected chi connectivity index (χ0v) is 15.3. The Bertz CT molecular complexity index is 1090. The Kier molecular flexibility index (Phi) is 4.62. The van der Waals surface area contributed by atoms with Crippen LogP contribution in [0.3, 0.4) is 0 Å². The number of rotatable bonds is 6. The number of hydrogen-bond acceptors (Lipinski definition) is 6. The molecule has 2 aromatic carbocycles. The first-order valence-corrected chi connectivity index (χ1v) is 8.95. The molecule has 27 heavy (non-hydrogen) atoms. The highest BCUT2D eigenvalue weighted by molar-refractivity contribution is 6.08. The number of furan rings is 1. The van der Waals surface area contributed by atoms with Gasteiger partial charge in [-0.05, 0) is 22.8 Å². The van der Waals surface area contributed by atoms with E-state index in [9.17, 15) is 4.79 Å². The van der Waals surface area contributed by atoms with E-state index in [1.54, 1.807) is 6.26 Å². The van der Waals surface area contributed by atoms with E-state index in [1.807, 2.05) is 36.4 Å². The Morgan fingerprint density at radius 2 is 2.04 bits per heavy atom. The van der Waals surface area contributed by atoms with Gasteiger partial charge in [-0.2, -0.15) is 4.98 Å². The Balaban J connectivity index is 1.47. The summed E-state index contributed by atoms with van der Waals surface area (Å²) in [5, 5.41) is 7.00. The molecule has 0 saturated heterocycles. The maximum Gasteiger partial charge on any atom is 0.310 e. The van der Waals surface area contributed by atoms with Gasteiger partial charge in [-0.3, -0.25) is 4.79 Å². The van der Waals surface area contributed by atoms with Crippen molar-refractivity contribution in [2.24, 2.45) is 5.92 Å². The molecule has 0 unspecified atom stereocenters. The lowest BCUT2D eigenvalue weighted by molar-refractivity contribution is -0.144. The van der Waals surface area contributed by atoms with Crippen molar-refractivity contribution in [3.8, 4) is 0 Å². The van der Waals surface area contributed by atoms with Crippen LogP contribution in [0.5, 0.6) is 0 Å². The Labute approximate surface area is 156 Å². The third-order valence-electron chi connectivity index (χ3n) is 4.33. The second-order valence-corrected chi connectivity index (χ2v) is 6.96. The molecule has 138 valence electrons. The molecule has 0 atom stereocenters. The quantitative estimate of drug-likeness (QED) is 0.470. The van der Waals surface area contributed by atoms with Crippen LogP contribution in [0.4, 0.5) is 0 Å². The molecule has 0 aliphatic rings. The highest BCUT2D eigenvalue weighted by Crippen LogP contribution is 2.30. The van der Waals surface area contributed by atoms with Crippen LogP contribution in [0.1, 0.15) is 31.1 Å².